The zero-order valence-corrected chi connectivity index (χ0v) is 12.1. The van der Waals surface area contributed by atoms with Gasteiger partial charge in [-0.05, 0) is 0 Å². The third kappa shape index (κ3) is 3.40. The first-order chi connectivity index (χ1) is 11.3. The molecular formula is C14H9F3N4O3. The molecule has 1 heterocycles. The molecule has 1 amide bonds. The smallest absolute Gasteiger partial charge is 0.358 e. The number of amides is 1. The van der Waals surface area contributed by atoms with E-state index in [1.807, 2.05) is 0 Å². The van der Waals surface area contributed by atoms with Crippen LogP contribution in [0.2, 0.25) is 0 Å². The normalized spacial score (nSPS) is 12.3. The third-order valence-electron chi connectivity index (χ3n) is 3.00. The number of nitriles is 1. The Bertz CT molecular complexity index is 806. The number of hydrogen-bond donors (Lipinski definition) is 1. The lowest BCUT2D eigenvalue weighted by atomic mass is 9.97. The van der Waals surface area contributed by atoms with E-state index in [-0.39, 0.29) is 17.0 Å². The van der Waals surface area contributed by atoms with Crippen molar-refractivity contribution in [3.63, 3.8) is 0 Å². The average molecular weight is 338 g/mol. The van der Waals surface area contributed by atoms with Crippen molar-refractivity contribution >= 4 is 11.7 Å². The summed E-state index contributed by atoms with van der Waals surface area (Å²) in [5, 5.41) is 14.3. The minimum absolute atomic E-state index is 0.0495. The van der Waals surface area contributed by atoms with Gasteiger partial charge in [-0.3, -0.25) is 9.59 Å². The number of alkyl halides is 3. The van der Waals surface area contributed by atoms with E-state index in [4.69, 9.17) is 5.26 Å². The van der Waals surface area contributed by atoms with Crippen molar-refractivity contribution in [2.45, 2.75) is 6.18 Å². The van der Waals surface area contributed by atoms with Gasteiger partial charge in [0.05, 0.1) is 6.07 Å². The molecule has 10 heteroatoms. The highest BCUT2D eigenvalue weighted by Gasteiger charge is 2.38. The van der Waals surface area contributed by atoms with Crippen molar-refractivity contribution in [3.8, 4) is 17.5 Å². The molecule has 1 N–H and O–H groups in total. The highest BCUT2D eigenvalue weighted by atomic mass is 19.4. The molecule has 0 radical (unpaired) electrons. The van der Waals surface area contributed by atoms with Crippen LogP contribution >= 0.6 is 0 Å². The second-order valence-electron chi connectivity index (χ2n) is 4.54. The van der Waals surface area contributed by atoms with Crippen molar-refractivity contribution in [3.05, 3.63) is 35.7 Å². The minimum atomic E-state index is -4.76. The van der Waals surface area contributed by atoms with Crippen molar-refractivity contribution < 1.29 is 27.3 Å². The molecule has 2 rings (SSSR count). The van der Waals surface area contributed by atoms with Gasteiger partial charge in [0, 0.05) is 18.2 Å². The number of carbonyl (C=O) groups is 2. The summed E-state index contributed by atoms with van der Waals surface area (Å²) >= 11 is 0. The molecule has 1 aromatic heterocycles. The first kappa shape index (κ1) is 17.1. The second-order valence-corrected chi connectivity index (χ2v) is 4.54. The number of nitrogens with one attached hydrogen (secondary N) is 1. The number of Topliss-reactive ketones (excluding diaryl/α,β-unsaturated/α-hetero) is 1. The van der Waals surface area contributed by atoms with E-state index in [1.165, 1.54) is 31.3 Å². The summed E-state index contributed by atoms with van der Waals surface area (Å²) in [6.07, 6.45) is -4.76. The van der Waals surface area contributed by atoms with Crippen LogP contribution in [0.25, 0.3) is 11.4 Å². The fourth-order valence-corrected chi connectivity index (χ4v) is 1.79. The summed E-state index contributed by atoms with van der Waals surface area (Å²) in [6.45, 7) is 0. The SMILES string of the molecule is CNC(=O)[C@@H](C#N)C(=O)c1ccc(-c2noc(C(F)(F)F)n2)cc1. The Morgan fingerprint density at radius 1 is 1.29 bits per heavy atom. The predicted octanol–water partition coefficient (Wildman–Crippen LogP) is 1.82. The van der Waals surface area contributed by atoms with E-state index in [0.29, 0.717) is 0 Å². The monoisotopic (exact) mass is 338 g/mol. The largest absolute Gasteiger partial charge is 0.471 e. The number of benzene rings is 1. The summed E-state index contributed by atoms with van der Waals surface area (Å²) in [5.41, 5.74) is 0.229. The molecular weight excluding hydrogens is 329 g/mol. The van der Waals surface area contributed by atoms with Crippen LogP contribution in [0.4, 0.5) is 13.2 Å². The van der Waals surface area contributed by atoms with Crippen LogP contribution in [0, 0.1) is 17.2 Å². The second kappa shape index (κ2) is 6.49. The standard InChI is InChI=1S/C14H9F3N4O3/c1-19-12(23)9(6-18)10(22)7-2-4-8(5-3-7)11-20-13(24-21-11)14(15,16)17/h2-5,9H,1H3,(H,19,23)/t9-/m0/s1. The third-order valence-corrected chi connectivity index (χ3v) is 3.00. The maximum atomic E-state index is 12.4. The highest BCUT2D eigenvalue weighted by Crippen LogP contribution is 2.29. The topological polar surface area (TPSA) is 109 Å². The Morgan fingerprint density at radius 2 is 1.92 bits per heavy atom. The van der Waals surface area contributed by atoms with E-state index in [2.05, 4.69) is 20.0 Å². The molecule has 0 aliphatic rings. The Hall–Kier alpha value is -3.22. The number of rotatable bonds is 4. The number of nitrogens with zero attached hydrogens (tertiary/aromatic N) is 3. The van der Waals surface area contributed by atoms with Gasteiger partial charge >= 0.3 is 12.1 Å². The molecule has 7 nitrogen and oxygen atoms in total. The zero-order chi connectivity index (χ0) is 17.9. The van der Waals surface area contributed by atoms with Gasteiger partial charge in [0.2, 0.25) is 11.7 Å². The summed E-state index contributed by atoms with van der Waals surface area (Å²) in [5.74, 6) is -4.78. The molecule has 1 atom stereocenters. The van der Waals surface area contributed by atoms with Gasteiger partial charge in [-0.25, -0.2) is 0 Å². The predicted molar refractivity (Wildman–Crippen MR) is 72.2 cm³/mol. The molecule has 1 aromatic carbocycles. The van der Waals surface area contributed by atoms with Crippen molar-refractivity contribution in [2.24, 2.45) is 5.92 Å². The van der Waals surface area contributed by atoms with Crippen LogP contribution in [0.15, 0.2) is 28.8 Å². The molecule has 0 fully saturated rings. The van der Waals surface area contributed by atoms with E-state index in [0.717, 1.165) is 0 Å². The van der Waals surface area contributed by atoms with Gasteiger partial charge in [0.1, 0.15) is 0 Å². The van der Waals surface area contributed by atoms with E-state index >= 15 is 0 Å². The molecule has 0 aliphatic carbocycles. The molecule has 24 heavy (non-hydrogen) atoms. The molecule has 0 unspecified atom stereocenters. The fraction of sp³-hybridized carbons (Fsp3) is 0.214. The summed E-state index contributed by atoms with van der Waals surface area (Å²) in [7, 11) is 1.29. The van der Waals surface area contributed by atoms with Gasteiger partial charge in [-0.1, -0.05) is 29.4 Å². The first-order valence-electron chi connectivity index (χ1n) is 6.44. The molecule has 124 valence electrons. The van der Waals surface area contributed by atoms with Crippen LogP contribution in [0.1, 0.15) is 16.2 Å². The zero-order valence-electron chi connectivity index (χ0n) is 12.1. The van der Waals surface area contributed by atoms with Crippen LogP contribution in [0.3, 0.4) is 0 Å². The number of halogens is 3. The molecule has 0 saturated carbocycles. The van der Waals surface area contributed by atoms with Gasteiger partial charge in [0.25, 0.3) is 0 Å². The Labute approximate surface area is 133 Å². The average Bonchev–Trinajstić information content (AvgIpc) is 3.05. The minimum Gasteiger partial charge on any atom is -0.358 e. The van der Waals surface area contributed by atoms with Crippen molar-refractivity contribution in [1.29, 1.82) is 5.26 Å². The van der Waals surface area contributed by atoms with Gasteiger partial charge in [-0.15, -0.1) is 0 Å². The Balaban J connectivity index is 2.25. The maximum absolute atomic E-state index is 12.4. The van der Waals surface area contributed by atoms with E-state index in [1.54, 1.807) is 6.07 Å². The Kier molecular flexibility index (Phi) is 4.64. The molecule has 0 bridgehead atoms. The van der Waals surface area contributed by atoms with Gasteiger partial charge in [0.15, 0.2) is 11.7 Å². The number of ketones is 1. The summed E-state index contributed by atoms with van der Waals surface area (Å²) < 4.78 is 41.4. The van der Waals surface area contributed by atoms with Crippen LogP contribution in [-0.2, 0) is 11.0 Å². The molecule has 0 saturated heterocycles. The highest BCUT2D eigenvalue weighted by molar-refractivity contribution is 6.12. The number of carbonyl (C=O) groups excluding carboxylic acids is 2. The van der Waals surface area contributed by atoms with Crippen LogP contribution < -0.4 is 5.32 Å². The van der Waals surface area contributed by atoms with E-state index in [9.17, 15) is 22.8 Å². The number of aromatic nitrogens is 2. The summed E-state index contributed by atoms with van der Waals surface area (Å²) in [6, 6.07) is 6.68. The van der Waals surface area contributed by atoms with Crippen molar-refractivity contribution in [1.82, 2.24) is 15.5 Å². The number of hydrogen-bond acceptors (Lipinski definition) is 6. The maximum Gasteiger partial charge on any atom is 0.471 e. The molecule has 2 aromatic rings. The van der Waals surface area contributed by atoms with E-state index < -0.39 is 29.7 Å². The Morgan fingerprint density at radius 3 is 2.38 bits per heavy atom. The summed E-state index contributed by atoms with van der Waals surface area (Å²) in [4.78, 5) is 26.7. The molecule has 0 spiro atoms. The van der Waals surface area contributed by atoms with Gasteiger partial charge < -0.3 is 9.84 Å². The van der Waals surface area contributed by atoms with Crippen LogP contribution in [0.5, 0.6) is 0 Å². The lowest BCUT2D eigenvalue weighted by Gasteiger charge is -2.06. The van der Waals surface area contributed by atoms with Crippen LogP contribution in [-0.4, -0.2) is 28.9 Å². The quantitative estimate of drug-likeness (QED) is 0.673. The first-order valence-corrected chi connectivity index (χ1v) is 6.44. The van der Waals surface area contributed by atoms with Gasteiger partial charge in [-0.2, -0.15) is 23.4 Å². The molecule has 0 aliphatic heterocycles. The lowest BCUT2D eigenvalue weighted by molar-refractivity contribution is -0.159. The lowest BCUT2D eigenvalue weighted by Crippen LogP contribution is -2.32. The van der Waals surface area contributed by atoms with Crippen molar-refractivity contribution in [2.75, 3.05) is 7.05 Å². The fourth-order valence-electron chi connectivity index (χ4n) is 1.79.